The van der Waals surface area contributed by atoms with Crippen molar-refractivity contribution < 1.29 is 4.79 Å². The fraction of sp³-hybridized carbons (Fsp3) is 0.714. The fourth-order valence-electron chi connectivity index (χ4n) is 0.851. The molecule has 5 heteroatoms. The highest BCUT2D eigenvalue weighted by Crippen LogP contribution is 1.86. The summed E-state index contributed by atoms with van der Waals surface area (Å²) >= 11 is 4.57. The van der Waals surface area contributed by atoms with Gasteiger partial charge in [0.1, 0.15) is 0 Å². The molecule has 0 saturated carbocycles. The van der Waals surface area contributed by atoms with Gasteiger partial charge in [-0.15, -0.1) is 0 Å². The van der Waals surface area contributed by atoms with E-state index in [0.29, 0.717) is 13.1 Å². The maximum atomic E-state index is 11.3. The van der Waals surface area contributed by atoms with Crippen molar-refractivity contribution in [1.82, 2.24) is 10.2 Å². The van der Waals surface area contributed by atoms with Crippen molar-refractivity contribution in [3.05, 3.63) is 0 Å². The minimum Gasteiger partial charge on any atom is -0.376 e. The number of amides is 1. The summed E-state index contributed by atoms with van der Waals surface area (Å²) in [6.45, 7) is 5.49. The minimum absolute atomic E-state index is 0.0211. The van der Waals surface area contributed by atoms with E-state index < -0.39 is 0 Å². The van der Waals surface area contributed by atoms with Gasteiger partial charge in [-0.2, -0.15) is 0 Å². The number of hydrogen-bond donors (Lipinski definition) is 2. The second-order valence-corrected chi connectivity index (χ2v) is 2.72. The Morgan fingerprint density at radius 3 is 2.33 bits per heavy atom. The Morgan fingerprint density at radius 2 is 2.00 bits per heavy atom. The molecular weight excluding hydrogens is 174 g/mol. The highest BCUT2D eigenvalue weighted by atomic mass is 32.1. The van der Waals surface area contributed by atoms with Gasteiger partial charge in [-0.3, -0.25) is 4.79 Å². The smallest absolute Gasteiger partial charge is 0.241 e. The summed E-state index contributed by atoms with van der Waals surface area (Å²) in [5.74, 6) is 0.0211. The van der Waals surface area contributed by atoms with Gasteiger partial charge in [-0.05, 0) is 26.1 Å². The van der Waals surface area contributed by atoms with Crippen molar-refractivity contribution in [1.29, 1.82) is 0 Å². The van der Waals surface area contributed by atoms with Crippen LogP contribution in [0.5, 0.6) is 0 Å². The lowest BCUT2D eigenvalue weighted by Crippen LogP contribution is -2.41. The number of nitrogens with two attached hydrogens (primary N) is 1. The molecule has 0 saturated heterocycles. The molecule has 4 nitrogen and oxygen atoms in total. The average molecular weight is 189 g/mol. The first kappa shape index (κ1) is 11.2. The van der Waals surface area contributed by atoms with Gasteiger partial charge in [-0.25, -0.2) is 0 Å². The lowest BCUT2D eigenvalue weighted by Gasteiger charge is -2.18. The molecule has 0 aliphatic heterocycles. The van der Waals surface area contributed by atoms with E-state index in [2.05, 4.69) is 17.5 Å². The molecule has 0 rings (SSSR count). The van der Waals surface area contributed by atoms with Crippen LogP contribution in [0.1, 0.15) is 13.8 Å². The molecule has 0 fully saturated rings. The van der Waals surface area contributed by atoms with Crippen LogP contribution in [-0.4, -0.2) is 35.6 Å². The third-order valence-electron chi connectivity index (χ3n) is 1.53. The maximum Gasteiger partial charge on any atom is 0.241 e. The summed E-state index contributed by atoms with van der Waals surface area (Å²) in [7, 11) is 0. The Labute approximate surface area is 78.1 Å². The van der Waals surface area contributed by atoms with Crippen molar-refractivity contribution in [2.45, 2.75) is 13.8 Å². The van der Waals surface area contributed by atoms with Gasteiger partial charge in [0.15, 0.2) is 5.11 Å². The van der Waals surface area contributed by atoms with E-state index in [4.69, 9.17) is 5.73 Å². The molecule has 0 aromatic carbocycles. The van der Waals surface area contributed by atoms with E-state index in [1.807, 2.05) is 13.8 Å². The monoisotopic (exact) mass is 189 g/mol. The van der Waals surface area contributed by atoms with E-state index in [-0.39, 0.29) is 17.6 Å². The summed E-state index contributed by atoms with van der Waals surface area (Å²) < 4.78 is 0. The summed E-state index contributed by atoms with van der Waals surface area (Å²) in [5, 5.41) is 2.77. The van der Waals surface area contributed by atoms with Crippen LogP contribution < -0.4 is 11.1 Å². The summed E-state index contributed by atoms with van der Waals surface area (Å²) in [4.78, 5) is 13.0. The topological polar surface area (TPSA) is 58.4 Å². The molecule has 0 aliphatic carbocycles. The van der Waals surface area contributed by atoms with Crippen LogP contribution in [0.4, 0.5) is 0 Å². The number of hydrogen-bond acceptors (Lipinski definition) is 2. The molecule has 0 aromatic rings. The Kier molecular flexibility index (Phi) is 5.36. The van der Waals surface area contributed by atoms with Crippen LogP contribution in [0, 0.1) is 0 Å². The van der Waals surface area contributed by atoms with E-state index in [9.17, 15) is 4.79 Å². The van der Waals surface area contributed by atoms with Crippen LogP contribution >= 0.6 is 12.2 Å². The molecule has 0 aromatic heterocycles. The molecule has 0 heterocycles. The molecule has 70 valence electrons. The third kappa shape index (κ3) is 4.12. The molecule has 0 bridgehead atoms. The number of nitrogens with one attached hydrogen (secondary N) is 1. The van der Waals surface area contributed by atoms with Gasteiger partial charge < -0.3 is 16.0 Å². The van der Waals surface area contributed by atoms with Gasteiger partial charge in [0, 0.05) is 13.1 Å². The van der Waals surface area contributed by atoms with Gasteiger partial charge in [0.2, 0.25) is 5.91 Å². The van der Waals surface area contributed by atoms with E-state index in [1.165, 1.54) is 0 Å². The maximum absolute atomic E-state index is 11.3. The third-order valence-corrected chi connectivity index (χ3v) is 1.67. The number of likely N-dealkylation sites (N-methyl/N-ethyl adjacent to an activating group) is 1. The lowest BCUT2D eigenvalue weighted by molar-refractivity contribution is -0.129. The molecule has 0 spiro atoms. The number of thiocarbonyl (C=S) groups is 1. The summed E-state index contributed by atoms with van der Waals surface area (Å²) in [6, 6.07) is 0. The molecule has 0 aliphatic rings. The van der Waals surface area contributed by atoms with Crippen LogP contribution in [0.25, 0.3) is 0 Å². The van der Waals surface area contributed by atoms with Crippen molar-refractivity contribution in [2.75, 3.05) is 19.6 Å². The van der Waals surface area contributed by atoms with Gasteiger partial charge in [0.25, 0.3) is 0 Å². The number of carbonyl (C=O) groups excluding carboxylic acids is 1. The molecule has 0 unspecified atom stereocenters. The molecule has 0 atom stereocenters. The first-order valence-electron chi connectivity index (χ1n) is 3.92. The van der Waals surface area contributed by atoms with Crippen LogP contribution in [0.3, 0.4) is 0 Å². The zero-order chi connectivity index (χ0) is 9.56. The second kappa shape index (κ2) is 5.77. The standard InChI is InChI=1S/C7H15N3OS/c1-3-10(4-2)6(11)5-9-7(8)12/h3-5H2,1-2H3,(H3,8,9,12). The van der Waals surface area contributed by atoms with Crippen LogP contribution in [-0.2, 0) is 4.79 Å². The Balaban J connectivity index is 3.77. The summed E-state index contributed by atoms with van der Waals surface area (Å²) in [6.07, 6.45) is 0. The fourth-order valence-corrected chi connectivity index (χ4v) is 0.923. The van der Waals surface area contributed by atoms with E-state index in [1.54, 1.807) is 4.90 Å². The molecule has 3 N–H and O–H groups in total. The number of rotatable bonds is 4. The Hall–Kier alpha value is -0.840. The quantitative estimate of drug-likeness (QED) is 0.596. The molecular formula is C7H15N3OS. The van der Waals surface area contributed by atoms with Crippen molar-refractivity contribution in [3.8, 4) is 0 Å². The Morgan fingerprint density at radius 1 is 1.50 bits per heavy atom. The lowest BCUT2D eigenvalue weighted by atomic mass is 10.4. The molecule has 1 amide bonds. The van der Waals surface area contributed by atoms with Crippen molar-refractivity contribution >= 4 is 23.2 Å². The van der Waals surface area contributed by atoms with Crippen molar-refractivity contribution in [2.24, 2.45) is 5.73 Å². The predicted octanol–water partition coefficient (Wildman–Crippen LogP) is -0.312. The average Bonchev–Trinajstić information content (AvgIpc) is 2.03. The SMILES string of the molecule is CCN(CC)C(=O)CNC(N)=S. The van der Waals surface area contributed by atoms with Gasteiger partial charge in [-0.1, -0.05) is 0 Å². The zero-order valence-corrected chi connectivity index (χ0v) is 8.28. The van der Waals surface area contributed by atoms with Crippen LogP contribution in [0.15, 0.2) is 0 Å². The van der Waals surface area contributed by atoms with E-state index >= 15 is 0 Å². The zero-order valence-electron chi connectivity index (χ0n) is 7.46. The van der Waals surface area contributed by atoms with E-state index in [0.717, 1.165) is 0 Å². The highest BCUT2D eigenvalue weighted by molar-refractivity contribution is 7.80. The van der Waals surface area contributed by atoms with Crippen LogP contribution in [0.2, 0.25) is 0 Å². The normalized spacial score (nSPS) is 9.17. The predicted molar refractivity (Wildman–Crippen MR) is 52.7 cm³/mol. The largest absolute Gasteiger partial charge is 0.376 e. The summed E-state index contributed by atoms with van der Waals surface area (Å²) in [5.41, 5.74) is 5.17. The molecule has 0 radical (unpaired) electrons. The Bertz CT molecular complexity index is 168. The van der Waals surface area contributed by atoms with Gasteiger partial charge in [0.05, 0.1) is 6.54 Å². The first-order valence-corrected chi connectivity index (χ1v) is 4.33. The number of carbonyl (C=O) groups is 1. The minimum atomic E-state index is 0.0211. The molecule has 12 heavy (non-hydrogen) atoms. The number of nitrogens with zero attached hydrogens (tertiary/aromatic N) is 1. The second-order valence-electron chi connectivity index (χ2n) is 2.28. The first-order chi connectivity index (χ1) is 5.61. The highest BCUT2D eigenvalue weighted by Gasteiger charge is 2.07. The van der Waals surface area contributed by atoms with Crippen molar-refractivity contribution in [3.63, 3.8) is 0 Å². The van der Waals surface area contributed by atoms with Gasteiger partial charge >= 0.3 is 0 Å².